The molecule has 2 radical (unpaired) electrons. The molecular weight excluding hydrogens is 399 g/mol. The standard InChI is InChI=1S/C9H7.C6H7Si.C5H5.CH3.2ClH.Ti/c1-2-5-9-7-3-6-8(9)4-1;7-6-4-2-1-3-5-6;1-2-4-5-3-1;;;;/h1-7H;1-5H,7H2;1-5H;1H3;2*1H;/q-1;;2*-1;;;+3. The average molecular weight is 423 g/mol. The molecule has 0 nitrogen and oxygen atoms in total. The van der Waals surface area contributed by atoms with Crippen molar-refractivity contribution in [2.45, 2.75) is 0 Å². The van der Waals surface area contributed by atoms with Gasteiger partial charge in [0, 0.05) is 10.2 Å². The maximum Gasteiger partial charge on any atom is 3.00 e. The molecule has 0 aromatic heterocycles. The molecule has 0 amide bonds. The van der Waals surface area contributed by atoms with E-state index in [0.29, 0.717) is 0 Å². The van der Waals surface area contributed by atoms with Gasteiger partial charge in [-0.2, -0.15) is 35.7 Å². The summed E-state index contributed by atoms with van der Waals surface area (Å²) in [6, 6.07) is 35.0. The van der Waals surface area contributed by atoms with E-state index in [1.54, 1.807) is 0 Å². The fourth-order valence-corrected chi connectivity index (χ4v) is 2.14. The van der Waals surface area contributed by atoms with Crippen LogP contribution in [0.2, 0.25) is 0 Å². The Morgan fingerprint density at radius 3 is 1.64 bits per heavy atom. The summed E-state index contributed by atoms with van der Waals surface area (Å²) in [5.41, 5.74) is 0. The first-order chi connectivity index (χ1) is 10.4. The van der Waals surface area contributed by atoms with Gasteiger partial charge in [-0.25, -0.2) is 12.1 Å². The van der Waals surface area contributed by atoms with Crippen LogP contribution < -0.4 is 5.19 Å². The average Bonchev–Trinajstić information content (AvgIpc) is 3.23. The molecule has 0 unspecified atom stereocenters. The minimum Gasteiger partial charge on any atom is -0.358 e. The van der Waals surface area contributed by atoms with E-state index in [9.17, 15) is 0 Å². The Balaban J connectivity index is -0.000000278. The zero-order chi connectivity index (χ0) is 14.8. The molecule has 0 atom stereocenters. The Kier molecular flexibility index (Phi) is 20.4. The van der Waals surface area contributed by atoms with Crippen molar-refractivity contribution in [3.63, 3.8) is 0 Å². The van der Waals surface area contributed by atoms with Crippen molar-refractivity contribution in [3.05, 3.63) is 111 Å². The molecule has 0 saturated heterocycles. The number of hydrogen-bond donors (Lipinski definition) is 0. The van der Waals surface area contributed by atoms with Gasteiger partial charge in [-0.1, -0.05) is 41.6 Å². The molecular formula is C21H24Cl2SiTi. The second-order valence-electron chi connectivity index (χ2n) is 4.60. The maximum atomic E-state index is 2.12. The normalized spacial score (nSPS) is 7.72. The molecule has 0 saturated carbocycles. The van der Waals surface area contributed by atoms with Gasteiger partial charge in [-0.15, -0.1) is 54.5 Å². The van der Waals surface area contributed by atoms with Crippen LogP contribution in [0.1, 0.15) is 0 Å². The molecule has 0 fully saturated rings. The van der Waals surface area contributed by atoms with Gasteiger partial charge in [0.25, 0.3) is 0 Å². The van der Waals surface area contributed by atoms with E-state index in [1.165, 1.54) is 16.0 Å². The van der Waals surface area contributed by atoms with E-state index in [-0.39, 0.29) is 54.0 Å². The van der Waals surface area contributed by atoms with Crippen molar-refractivity contribution in [1.82, 2.24) is 0 Å². The Hall–Kier alpha value is -1.09. The second kappa shape index (κ2) is 17.7. The molecule has 0 bridgehead atoms. The summed E-state index contributed by atoms with van der Waals surface area (Å²) in [6.45, 7) is 0. The molecule has 0 N–H and O–H groups in total. The van der Waals surface area contributed by atoms with Gasteiger partial charge in [0.1, 0.15) is 0 Å². The minimum atomic E-state index is 0. The van der Waals surface area contributed by atoms with Crippen molar-refractivity contribution >= 4 is 51.0 Å². The van der Waals surface area contributed by atoms with Crippen LogP contribution in [-0.2, 0) is 21.7 Å². The number of fused-ring (bicyclic) bond motifs is 1. The van der Waals surface area contributed by atoms with E-state index in [0.717, 1.165) is 0 Å². The van der Waals surface area contributed by atoms with Crippen molar-refractivity contribution < 1.29 is 21.7 Å². The van der Waals surface area contributed by atoms with Gasteiger partial charge in [-0.05, 0) is 0 Å². The monoisotopic (exact) mass is 422 g/mol. The van der Waals surface area contributed by atoms with E-state index >= 15 is 0 Å². The first kappa shape index (κ1) is 28.7. The van der Waals surface area contributed by atoms with Crippen molar-refractivity contribution in [2.75, 3.05) is 0 Å². The van der Waals surface area contributed by atoms with E-state index in [2.05, 4.69) is 54.6 Å². The van der Waals surface area contributed by atoms with Crippen molar-refractivity contribution in [2.24, 2.45) is 0 Å². The number of hydrogen-bond acceptors (Lipinski definition) is 0. The van der Waals surface area contributed by atoms with E-state index in [1.807, 2.05) is 58.8 Å². The van der Waals surface area contributed by atoms with Gasteiger partial charge in [-0.3, -0.25) is 0 Å². The van der Waals surface area contributed by atoms with Crippen LogP contribution >= 0.6 is 24.8 Å². The topological polar surface area (TPSA) is 0 Å². The number of benzene rings is 2. The molecule has 25 heavy (non-hydrogen) atoms. The maximum absolute atomic E-state index is 2.12. The fraction of sp³-hybridized carbons (Fsp3) is 0. The minimum absolute atomic E-state index is 0. The quantitative estimate of drug-likeness (QED) is 0.270. The zero-order valence-electron chi connectivity index (χ0n) is 14.3. The summed E-state index contributed by atoms with van der Waals surface area (Å²) in [6.07, 6.45) is 0. The third-order valence-corrected chi connectivity index (χ3v) is 3.42. The van der Waals surface area contributed by atoms with Crippen molar-refractivity contribution in [3.8, 4) is 0 Å². The van der Waals surface area contributed by atoms with Gasteiger partial charge >= 0.3 is 21.7 Å². The van der Waals surface area contributed by atoms with Crippen molar-refractivity contribution in [1.29, 1.82) is 0 Å². The molecule has 4 aromatic carbocycles. The Morgan fingerprint density at radius 2 is 1.20 bits per heavy atom. The summed E-state index contributed by atoms with van der Waals surface area (Å²) >= 11 is 0. The first-order valence-corrected chi connectivity index (χ1v) is 7.71. The van der Waals surface area contributed by atoms with Crippen LogP contribution in [0.5, 0.6) is 0 Å². The van der Waals surface area contributed by atoms with E-state index in [4.69, 9.17) is 0 Å². The second-order valence-corrected chi connectivity index (χ2v) is 5.42. The fourth-order valence-electron chi connectivity index (χ4n) is 1.87. The first-order valence-electron chi connectivity index (χ1n) is 7.00. The molecule has 4 aromatic rings. The van der Waals surface area contributed by atoms with E-state index < -0.39 is 0 Å². The summed E-state index contributed by atoms with van der Waals surface area (Å²) < 4.78 is 0. The van der Waals surface area contributed by atoms with Crippen LogP contribution in [-0.4, -0.2) is 10.2 Å². The van der Waals surface area contributed by atoms with Crippen LogP contribution in [0.15, 0.2) is 103 Å². The predicted molar refractivity (Wildman–Crippen MR) is 117 cm³/mol. The van der Waals surface area contributed by atoms with Crippen LogP contribution in [0.3, 0.4) is 0 Å². The SMILES string of the molecule is Cl.Cl.[CH3-].[SiH2]c1ccccc1.[Ti+3].c1cc[cH-]c1.c1ccc2[cH-]ccc2c1. The largest absolute Gasteiger partial charge is 3.00 e. The number of halogens is 2. The molecule has 0 aliphatic carbocycles. The molecule has 4 heteroatoms. The molecule has 4 rings (SSSR count). The summed E-state index contributed by atoms with van der Waals surface area (Å²) in [7, 11) is 1.90. The van der Waals surface area contributed by atoms with Gasteiger partial charge in [0.15, 0.2) is 0 Å². The Labute approximate surface area is 182 Å². The summed E-state index contributed by atoms with van der Waals surface area (Å²) in [4.78, 5) is 0. The Morgan fingerprint density at radius 1 is 0.640 bits per heavy atom. The molecule has 0 aliphatic rings. The summed E-state index contributed by atoms with van der Waals surface area (Å²) in [5, 5.41) is 4.01. The molecule has 0 aliphatic heterocycles. The van der Waals surface area contributed by atoms with Crippen LogP contribution in [0, 0.1) is 7.43 Å². The number of rotatable bonds is 0. The van der Waals surface area contributed by atoms with Crippen LogP contribution in [0.4, 0.5) is 0 Å². The molecule has 0 heterocycles. The van der Waals surface area contributed by atoms with Gasteiger partial charge < -0.3 is 7.43 Å². The molecule has 0 spiro atoms. The third-order valence-electron chi connectivity index (χ3n) is 2.95. The van der Waals surface area contributed by atoms with Gasteiger partial charge in [0.2, 0.25) is 0 Å². The molecule has 130 valence electrons. The summed E-state index contributed by atoms with van der Waals surface area (Å²) in [5.74, 6) is 0. The Bertz CT molecular complexity index is 674. The van der Waals surface area contributed by atoms with Gasteiger partial charge in [0.05, 0.1) is 0 Å². The predicted octanol–water partition coefficient (Wildman–Crippen LogP) is 5.20. The smallest absolute Gasteiger partial charge is 0.358 e. The zero-order valence-corrected chi connectivity index (χ0v) is 18.9. The third kappa shape index (κ3) is 12.0. The van der Waals surface area contributed by atoms with Crippen LogP contribution in [0.25, 0.3) is 10.8 Å².